The lowest BCUT2D eigenvalue weighted by Crippen LogP contribution is -2.10. The Morgan fingerprint density at radius 1 is 1.03 bits per heavy atom. The lowest BCUT2D eigenvalue weighted by molar-refractivity contribution is -0.384. The van der Waals surface area contributed by atoms with Crippen molar-refractivity contribution in [2.45, 2.75) is 4.90 Å². The van der Waals surface area contributed by atoms with Crippen LogP contribution in [0.1, 0.15) is 11.1 Å². The van der Waals surface area contributed by atoms with Crippen LogP contribution in [0.5, 0.6) is 5.75 Å². The molecule has 0 fully saturated rings. The van der Waals surface area contributed by atoms with Crippen molar-refractivity contribution in [1.82, 2.24) is 0 Å². The van der Waals surface area contributed by atoms with E-state index in [0.29, 0.717) is 16.1 Å². The molecule has 3 aromatic carbocycles. The van der Waals surface area contributed by atoms with Crippen LogP contribution in [0.4, 0.5) is 5.69 Å². The van der Waals surface area contributed by atoms with Gasteiger partial charge in [0.1, 0.15) is 10.6 Å². The summed E-state index contributed by atoms with van der Waals surface area (Å²) in [6, 6.07) is 19.3. The standard InChI is InChI=1S/C21H13ClN2O5S/c22-18-7-11-20(12-8-18)30(27,28)29-21-4-2-1-3-16(21)13-17(14-23)15-5-9-19(10-6-15)24(25)26/h1-13H/b17-13+. The van der Waals surface area contributed by atoms with E-state index in [2.05, 4.69) is 0 Å². The van der Waals surface area contributed by atoms with Crippen molar-refractivity contribution in [3.63, 3.8) is 0 Å². The van der Waals surface area contributed by atoms with Gasteiger partial charge in [0, 0.05) is 22.7 Å². The van der Waals surface area contributed by atoms with Gasteiger partial charge in [0.2, 0.25) is 0 Å². The van der Waals surface area contributed by atoms with Gasteiger partial charge in [-0.25, -0.2) is 0 Å². The molecule has 0 aliphatic heterocycles. The maximum absolute atomic E-state index is 12.6. The van der Waals surface area contributed by atoms with Gasteiger partial charge in [-0.2, -0.15) is 13.7 Å². The molecule has 0 bridgehead atoms. The Kier molecular flexibility index (Phi) is 6.16. The summed E-state index contributed by atoms with van der Waals surface area (Å²) in [6.45, 7) is 0. The predicted octanol–water partition coefficient (Wildman–Crippen LogP) is 5.08. The average molecular weight is 441 g/mol. The van der Waals surface area contributed by atoms with Crippen LogP contribution >= 0.6 is 11.6 Å². The van der Waals surface area contributed by atoms with Gasteiger partial charge >= 0.3 is 10.1 Å². The quantitative estimate of drug-likeness (QED) is 0.174. The molecule has 0 aromatic heterocycles. The fourth-order valence-electron chi connectivity index (χ4n) is 2.54. The molecule has 30 heavy (non-hydrogen) atoms. The van der Waals surface area contributed by atoms with Gasteiger partial charge in [-0.3, -0.25) is 10.1 Å². The normalized spacial score (nSPS) is 11.5. The van der Waals surface area contributed by atoms with Gasteiger partial charge in [0.05, 0.1) is 16.6 Å². The van der Waals surface area contributed by atoms with Crippen molar-refractivity contribution in [1.29, 1.82) is 5.26 Å². The van der Waals surface area contributed by atoms with Crippen LogP contribution in [0.25, 0.3) is 11.6 Å². The minimum Gasteiger partial charge on any atom is -0.378 e. The number of rotatable bonds is 6. The molecule has 0 saturated heterocycles. The largest absolute Gasteiger partial charge is 0.378 e. The highest BCUT2D eigenvalue weighted by molar-refractivity contribution is 7.87. The zero-order chi connectivity index (χ0) is 21.7. The first-order valence-corrected chi connectivity index (χ1v) is 10.2. The molecule has 3 rings (SSSR count). The minimum atomic E-state index is -4.12. The van der Waals surface area contributed by atoms with Crippen molar-refractivity contribution in [3.8, 4) is 11.8 Å². The van der Waals surface area contributed by atoms with E-state index in [1.165, 1.54) is 60.7 Å². The number of hydrogen-bond acceptors (Lipinski definition) is 6. The number of allylic oxidation sites excluding steroid dienone is 1. The van der Waals surface area contributed by atoms with Crippen LogP contribution in [0.15, 0.2) is 77.7 Å². The maximum atomic E-state index is 12.6. The first-order chi connectivity index (χ1) is 14.3. The summed E-state index contributed by atoms with van der Waals surface area (Å²) in [6.07, 6.45) is 1.45. The van der Waals surface area contributed by atoms with Crippen LogP contribution in [-0.4, -0.2) is 13.3 Å². The number of nitriles is 1. The third-order valence-electron chi connectivity index (χ3n) is 4.03. The first kappa shape index (κ1) is 21.0. The minimum absolute atomic E-state index is 0.0297. The number of nitrogens with zero attached hydrogens (tertiary/aromatic N) is 2. The SMILES string of the molecule is N#C/C(=C\c1ccccc1OS(=O)(=O)c1ccc(Cl)cc1)c1ccc([N+](=O)[O-])cc1. The van der Waals surface area contributed by atoms with E-state index in [1.807, 2.05) is 6.07 Å². The zero-order valence-electron chi connectivity index (χ0n) is 15.2. The summed E-state index contributed by atoms with van der Waals surface area (Å²) in [7, 11) is -4.12. The molecule has 0 spiro atoms. The van der Waals surface area contributed by atoms with E-state index < -0.39 is 15.0 Å². The van der Waals surface area contributed by atoms with E-state index in [1.54, 1.807) is 18.2 Å². The number of nitro groups is 1. The van der Waals surface area contributed by atoms with E-state index in [-0.39, 0.29) is 21.9 Å². The molecule has 0 aliphatic rings. The number of para-hydroxylation sites is 1. The molecule has 0 heterocycles. The molecule has 0 N–H and O–H groups in total. The van der Waals surface area contributed by atoms with E-state index in [0.717, 1.165) is 0 Å². The zero-order valence-corrected chi connectivity index (χ0v) is 16.8. The molecule has 0 aliphatic carbocycles. The third-order valence-corrected chi connectivity index (χ3v) is 5.53. The molecule has 0 radical (unpaired) electrons. The van der Waals surface area contributed by atoms with Crippen molar-refractivity contribution in [2.75, 3.05) is 0 Å². The van der Waals surface area contributed by atoms with Crippen LogP contribution in [0.2, 0.25) is 5.02 Å². The Morgan fingerprint density at radius 3 is 2.27 bits per heavy atom. The predicted molar refractivity (Wildman–Crippen MR) is 112 cm³/mol. The molecular weight excluding hydrogens is 428 g/mol. The second kappa shape index (κ2) is 8.78. The second-order valence-corrected chi connectivity index (χ2v) is 7.99. The molecule has 3 aromatic rings. The molecule has 0 saturated carbocycles. The molecule has 150 valence electrons. The first-order valence-electron chi connectivity index (χ1n) is 8.46. The molecule has 0 amide bonds. The summed E-state index contributed by atoms with van der Waals surface area (Å²) in [4.78, 5) is 10.2. The van der Waals surface area contributed by atoms with Crippen molar-refractivity contribution >= 4 is 39.1 Å². The van der Waals surface area contributed by atoms with Crippen molar-refractivity contribution in [2.24, 2.45) is 0 Å². The van der Waals surface area contributed by atoms with Crippen LogP contribution in [0.3, 0.4) is 0 Å². The number of benzene rings is 3. The fourth-order valence-corrected chi connectivity index (χ4v) is 3.62. The highest BCUT2D eigenvalue weighted by Crippen LogP contribution is 2.28. The maximum Gasteiger partial charge on any atom is 0.339 e. The Hall–Kier alpha value is -3.67. The molecule has 9 heteroatoms. The number of nitro benzene ring substituents is 1. The Bertz CT molecular complexity index is 1260. The fraction of sp³-hybridized carbons (Fsp3) is 0. The second-order valence-electron chi connectivity index (χ2n) is 6.00. The smallest absolute Gasteiger partial charge is 0.339 e. The van der Waals surface area contributed by atoms with E-state index >= 15 is 0 Å². The van der Waals surface area contributed by atoms with Crippen molar-refractivity contribution < 1.29 is 17.5 Å². The summed E-state index contributed by atoms with van der Waals surface area (Å²) >= 11 is 5.79. The molecule has 0 atom stereocenters. The summed E-state index contributed by atoms with van der Waals surface area (Å²) in [5.41, 5.74) is 0.877. The third kappa shape index (κ3) is 4.84. The number of non-ortho nitro benzene ring substituents is 1. The summed E-state index contributed by atoms with van der Waals surface area (Å²) in [5.74, 6) is 0.0297. The Balaban J connectivity index is 1.96. The monoisotopic (exact) mass is 440 g/mol. The van der Waals surface area contributed by atoms with Crippen molar-refractivity contribution in [3.05, 3.63) is 99.1 Å². The Morgan fingerprint density at radius 2 is 1.67 bits per heavy atom. The lowest BCUT2D eigenvalue weighted by Gasteiger charge is -2.10. The molecule has 0 unspecified atom stereocenters. The van der Waals surface area contributed by atoms with Crippen LogP contribution in [0, 0.1) is 21.4 Å². The van der Waals surface area contributed by atoms with Gasteiger partial charge in [0.25, 0.3) is 5.69 Å². The van der Waals surface area contributed by atoms with E-state index in [4.69, 9.17) is 15.8 Å². The number of hydrogen-bond donors (Lipinski definition) is 0. The van der Waals surface area contributed by atoms with Gasteiger partial charge in [-0.05, 0) is 54.1 Å². The van der Waals surface area contributed by atoms with E-state index in [9.17, 15) is 23.8 Å². The topological polar surface area (TPSA) is 110 Å². The summed E-state index contributed by atoms with van der Waals surface area (Å²) < 4.78 is 30.4. The summed E-state index contributed by atoms with van der Waals surface area (Å²) in [5, 5.41) is 20.7. The molecule has 7 nitrogen and oxygen atoms in total. The van der Waals surface area contributed by atoms with Crippen LogP contribution in [-0.2, 0) is 10.1 Å². The van der Waals surface area contributed by atoms with Gasteiger partial charge in [0.15, 0.2) is 0 Å². The highest BCUT2D eigenvalue weighted by Gasteiger charge is 2.18. The highest BCUT2D eigenvalue weighted by atomic mass is 35.5. The average Bonchev–Trinajstić information content (AvgIpc) is 2.73. The molecular formula is C21H13ClN2O5S. The Labute approximate surface area is 177 Å². The lowest BCUT2D eigenvalue weighted by atomic mass is 10.0. The van der Waals surface area contributed by atoms with Gasteiger partial charge in [-0.15, -0.1) is 0 Å². The van der Waals surface area contributed by atoms with Crippen LogP contribution < -0.4 is 4.18 Å². The van der Waals surface area contributed by atoms with Gasteiger partial charge < -0.3 is 4.18 Å². The number of halogens is 1. The van der Waals surface area contributed by atoms with Gasteiger partial charge in [-0.1, -0.05) is 29.8 Å².